The van der Waals surface area contributed by atoms with Gasteiger partial charge in [0.2, 0.25) is 0 Å². The highest BCUT2D eigenvalue weighted by Gasteiger charge is 2.07. The quantitative estimate of drug-likeness (QED) is 0.945. The van der Waals surface area contributed by atoms with E-state index in [0.29, 0.717) is 6.61 Å². The van der Waals surface area contributed by atoms with Crippen molar-refractivity contribution >= 4 is 15.9 Å². The number of aromatic amines is 1. The lowest BCUT2D eigenvalue weighted by Gasteiger charge is -2.06. The minimum absolute atomic E-state index is 0.0810. The maximum Gasteiger partial charge on any atom is 0.271 e. The first-order valence-electron chi connectivity index (χ1n) is 5.18. The molecule has 0 fully saturated rings. The lowest BCUT2D eigenvalue weighted by atomic mass is 10.2. The van der Waals surface area contributed by atoms with Gasteiger partial charge in [-0.1, -0.05) is 15.9 Å². The highest BCUT2D eigenvalue weighted by Crippen LogP contribution is 2.17. The highest BCUT2D eigenvalue weighted by molar-refractivity contribution is 9.10. The van der Waals surface area contributed by atoms with E-state index in [2.05, 4.69) is 21.0 Å². The molecule has 90 valence electrons. The van der Waals surface area contributed by atoms with Gasteiger partial charge in [-0.15, -0.1) is 0 Å². The van der Waals surface area contributed by atoms with Crippen molar-refractivity contribution in [3.8, 4) is 5.69 Å². The Kier molecular flexibility index (Phi) is 3.49. The van der Waals surface area contributed by atoms with E-state index in [1.165, 1.54) is 4.68 Å². The normalized spacial score (nSPS) is 10.8. The number of nitrogens with zero attached hydrogens (tertiary/aromatic N) is 1. The Hall–Kier alpha value is -1.33. The maximum absolute atomic E-state index is 11.8. The highest BCUT2D eigenvalue weighted by atomic mass is 79.9. The molecule has 0 aliphatic heterocycles. The molecular weight excluding hydrogens is 284 g/mol. The number of ether oxygens (including phenoxy) is 1. The van der Waals surface area contributed by atoms with E-state index in [-0.39, 0.29) is 5.56 Å². The second-order valence-corrected chi connectivity index (χ2v) is 4.73. The Morgan fingerprint density at radius 1 is 1.41 bits per heavy atom. The fraction of sp³-hybridized carbons (Fsp3) is 0.250. The molecule has 0 aliphatic carbocycles. The monoisotopic (exact) mass is 296 g/mol. The summed E-state index contributed by atoms with van der Waals surface area (Å²) in [6.07, 6.45) is 0. The van der Waals surface area contributed by atoms with Crippen LogP contribution in [-0.4, -0.2) is 16.9 Å². The Morgan fingerprint density at radius 2 is 2.18 bits per heavy atom. The van der Waals surface area contributed by atoms with Gasteiger partial charge in [-0.05, 0) is 30.7 Å². The second kappa shape index (κ2) is 4.89. The third-order valence-electron chi connectivity index (χ3n) is 2.47. The molecule has 4 nitrogen and oxygen atoms in total. The summed E-state index contributed by atoms with van der Waals surface area (Å²) in [6, 6.07) is 7.32. The molecule has 17 heavy (non-hydrogen) atoms. The smallest absolute Gasteiger partial charge is 0.271 e. The predicted octanol–water partition coefficient (Wildman–Crippen LogP) is 2.38. The Morgan fingerprint density at radius 3 is 2.82 bits per heavy atom. The standard InChI is InChI=1S/C12H13BrN2O2/c1-8-5-9(13)3-4-11(8)15-12(16)6-10(14-15)7-17-2/h3-6,14H,7H2,1-2H3. The number of halogens is 1. The van der Waals surface area contributed by atoms with Crippen molar-refractivity contribution in [3.63, 3.8) is 0 Å². The number of benzene rings is 1. The van der Waals surface area contributed by atoms with Crippen molar-refractivity contribution in [3.05, 3.63) is 50.3 Å². The maximum atomic E-state index is 11.8. The molecule has 1 aromatic heterocycles. The zero-order valence-electron chi connectivity index (χ0n) is 9.66. The van der Waals surface area contributed by atoms with Gasteiger partial charge in [0.25, 0.3) is 5.56 Å². The van der Waals surface area contributed by atoms with E-state index < -0.39 is 0 Å². The summed E-state index contributed by atoms with van der Waals surface area (Å²) in [5.74, 6) is 0. The summed E-state index contributed by atoms with van der Waals surface area (Å²) >= 11 is 3.40. The van der Waals surface area contributed by atoms with E-state index in [9.17, 15) is 4.79 Å². The van der Waals surface area contributed by atoms with Crippen LogP contribution >= 0.6 is 15.9 Å². The summed E-state index contributed by atoms with van der Waals surface area (Å²) in [4.78, 5) is 11.8. The number of hydrogen-bond donors (Lipinski definition) is 1. The summed E-state index contributed by atoms with van der Waals surface area (Å²) < 4.78 is 7.51. The van der Waals surface area contributed by atoms with E-state index >= 15 is 0 Å². The van der Waals surface area contributed by atoms with Gasteiger partial charge in [0.05, 0.1) is 18.0 Å². The van der Waals surface area contributed by atoms with E-state index in [1.807, 2.05) is 25.1 Å². The van der Waals surface area contributed by atoms with Crippen LogP contribution in [0.5, 0.6) is 0 Å². The second-order valence-electron chi connectivity index (χ2n) is 3.82. The van der Waals surface area contributed by atoms with Crippen molar-refractivity contribution < 1.29 is 4.74 Å². The van der Waals surface area contributed by atoms with Crippen LogP contribution in [0.15, 0.2) is 33.5 Å². The van der Waals surface area contributed by atoms with Crippen LogP contribution in [0.25, 0.3) is 5.69 Å². The molecule has 0 unspecified atom stereocenters. The Labute approximate surface area is 107 Å². The Balaban J connectivity index is 2.49. The minimum Gasteiger partial charge on any atom is -0.378 e. The third-order valence-corrected chi connectivity index (χ3v) is 2.97. The molecule has 1 N–H and O–H groups in total. The van der Waals surface area contributed by atoms with E-state index in [4.69, 9.17) is 4.74 Å². The minimum atomic E-state index is -0.0810. The number of aromatic nitrogens is 2. The molecular formula is C12H13BrN2O2. The lowest BCUT2D eigenvalue weighted by molar-refractivity contribution is 0.181. The lowest BCUT2D eigenvalue weighted by Crippen LogP contribution is -2.14. The SMILES string of the molecule is COCc1cc(=O)n(-c2ccc(Br)cc2C)[nH]1. The zero-order chi connectivity index (χ0) is 12.4. The predicted molar refractivity (Wildman–Crippen MR) is 69.5 cm³/mol. The summed E-state index contributed by atoms with van der Waals surface area (Å²) in [7, 11) is 1.60. The number of methoxy groups -OCH3 is 1. The molecule has 1 heterocycles. The van der Waals surface area contributed by atoms with Crippen LogP contribution in [0.2, 0.25) is 0 Å². The van der Waals surface area contributed by atoms with Crippen molar-refractivity contribution in [1.29, 1.82) is 0 Å². The molecule has 0 radical (unpaired) electrons. The van der Waals surface area contributed by atoms with Gasteiger partial charge in [0.1, 0.15) is 0 Å². The number of nitrogens with one attached hydrogen (secondary N) is 1. The van der Waals surface area contributed by atoms with E-state index in [0.717, 1.165) is 21.4 Å². The summed E-state index contributed by atoms with van der Waals surface area (Å²) in [5, 5.41) is 3.02. The molecule has 0 saturated heterocycles. The average Bonchev–Trinajstić information content (AvgIpc) is 2.60. The topological polar surface area (TPSA) is 47.0 Å². The number of hydrogen-bond acceptors (Lipinski definition) is 2. The molecule has 1 aromatic carbocycles. The average molecular weight is 297 g/mol. The molecule has 0 aliphatic rings. The summed E-state index contributed by atoms with van der Waals surface area (Å²) in [6.45, 7) is 2.36. The first-order chi connectivity index (χ1) is 8.11. The van der Waals surface area contributed by atoms with Gasteiger partial charge < -0.3 is 4.74 Å². The fourth-order valence-corrected chi connectivity index (χ4v) is 2.20. The third kappa shape index (κ3) is 2.50. The van der Waals surface area contributed by atoms with E-state index in [1.54, 1.807) is 13.2 Å². The summed E-state index contributed by atoms with van der Waals surface area (Å²) in [5.41, 5.74) is 2.55. The molecule has 2 rings (SSSR count). The van der Waals surface area contributed by atoms with Crippen molar-refractivity contribution in [2.24, 2.45) is 0 Å². The van der Waals surface area contributed by atoms with Crippen LogP contribution in [-0.2, 0) is 11.3 Å². The van der Waals surface area contributed by atoms with Crippen LogP contribution in [0.4, 0.5) is 0 Å². The molecule has 5 heteroatoms. The van der Waals surface area contributed by atoms with Crippen molar-refractivity contribution in [1.82, 2.24) is 9.78 Å². The van der Waals surface area contributed by atoms with Crippen LogP contribution in [0, 0.1) is 6.92 Å². The van der Waals surface area contributed by atoms with Gasteiger partial charge in [-0.2, -0.15) is 0 Å². The molecule has 0 amide bonds. The van der Waals surface area contributed by atoms with Crippen molar-refractivity contribution in [2.45, 2.75) is 13.5 Å². The first kappa shape index (κ1) is 12.1. The van der Waals surface area contributed by atoms with Gasteiger partial charge in [-0.25, -0.2) is 4.68 Å². The molecule has 2 aromatic rings. The van der Waals surface area contributed by atoms with Gasteiger partial charge in [0.15, 0.2) is 0 Å². The van der Waals surface area contributed by atoms with Crippen LogP contribution in [0.1, 0.15) is 11.3 Å². The van der Waals surface area contributed by atoms with Gasteiger partial charge in [0, 0.05) is 17.6 Å². The zero-order valence-corrected chi connectivity index (χ0v) is 11.2. The van der Waals surface area contributed by atoms with Crippen LogP contribution < -0.4 is 5.56 Å². The molecule has 0 saturated carbocycles. The number of rotatable bonds is 3. The largest absolute Gasteiger partial charge is 0.378 e. The van der Waals surface area contributed by atoms with Gasteiger partial charge in [-0.3, -0.25) is 9.89 Å². The molecule has 0 spiro atoms. The van der Waals surface area contributed by atoms with Crippen molar-refractivity contribution in [2.75, 3.05) is 7.11 Å². The molecule has 0 atom stereocenters. The number of H-pyrrole nitrogens is 1. The number of aryl methyl sites for hydroxylation is 1. The molecule has 0 bridgehead atoms. The Bertz CT molecular complexity index is 586. The fourth-order valence-electron chi connectivity index (χ4n) is 1.72. The van der Waals surface area contributed by atoms with Gasteiger partial charge >= 0.3 is 0 Å². The van der Waals surface area contributed by atoms with Crippen LogP contribution in [0.3, 0.4) is 0 Å². The first-order valence-corrected chi connectivity index (χ1v) is 5.97.